The predicted octanol–water partition coefficient (Wildman–Crippen LogP) is 3.65. The van der Waals surface area contributed by atoms with E-state index in [-0.39, 0.29) is 17.5 Å². The highest BCUT2D eigenvalue weighted by atomic mass is 16.6. The van der Waals surface area contributed by atoms with E-state index in [0.717, 1.165) is 24.2 Å². The van der Waals surface area contributed by atoms with Crippen molar-refractivity contribution < 1.29 is 9.53 Å². The Hall–Kier alpha value is -0.530. The number of hydrogen-bond donors (Lipinski definition) is 0. The van der Waals surface area contributed by atoms with Gasteiger partial charge in [-0.25, -0.2) is 0 Å². The van der Waals surface area contributed by atoms with Crippen molar-refractivity contribution >= 4 is 5.97 Å². The van der Waals surface area contributed by atoms with Crippen LogP contribution < -0.4 is 0 Å². The van der Waals surface area contributed by atoms with Gasteiger partial charge in [0.15, 0.2) is 0 Å². The predicted molar refractivity (Wildman–Crippen MR) is 68.5 cm³/mol. The van der Waals surface area contributed by atoms with Gasteiger partial charge in [-0.1, -0.05) is 13.8 Å². The molecular formula is C15H26O2. The molecule has 2 rings (SSSR count). The van der Waals surface area contributed by atoms with Crippen LogP contribution in [0.2, 0.25) is 0 Å². The number of esters is 1. The molecule has 0 aromatic rings. The van der Waals surface area contributed by atoms with E-state index in [1.165, 1.54) is 12.8 Å². The summed E-state index contributed by atoms with van der Waals surface area (Å²) in [4.78, 5) is 12.1. The molecule has 0 aliphatic heterocycles. The lowest BCUT2D eigenvalue weighted by molar-refractivity contribution is -0.162. The van der Waals surface area contributed by atoms with Gasteiger partial charge in [-0.15, -0.1) is 0 Å². The molecule has 0 aromatic heterocycles. The van der Waals surface area contributed by atoms with Crippen molar-refractivity contribution in [3.63, 3.8) is 0 Å². The zero-order valence-electron chi connectivity index (χ0n) is 11.8. The van der Waals surface area contributed by atoms with E-state index >= 15 is 0 Å². The Bertz CT molecular complexity index is 301. The fourth-order valence-electron chi connectivity index (χ4n) is 3.80. The first-order valence-electron chi connectivity index (χ1n) is 7.01. The zero-order chi connectivity index (χ0) is 12.8. The highest BCUT2D eigenvalue weighted by Gasteiger charge is 2.50. The summed E-state index contributed by atoms with van der Waals surface area (Å²) in [6.07, 6.45) is 3.57. The molecule has 17 heavy (non-hydrogen) atoms. The average molecular weight is 238 g/mol. The Morgan fingerprint density at radius 2 is 1.76 bits per heavy atom. The normalized spacial score (nSPS) is 36.6. The third-order valence-corrected chi connectivity index (χ3v) is 4.48. The molecule has 0 saturated heterocycles. The summed E-state index contributed by atoms with van der Waals surface area (Å²) >= 11 is 0. The van der Waals surface area contributed by atoms with Gasteiger partial charge >= 0.3 is 5.97 Å². The van der Waals surface area contributed by atoms with Crippen molar-refractivity contribution in [3.8, 4) is 0 Å². The van der Waals surface area contributed by atoms with Gasteiger partial charge in [0, 0.05) is 0 Å². The number of ether oxygens (including phenoxy) is 1. The average Bonchev–Trinajstić information content (AvgIpc) is 2.72. The Morgan fingerprint density at radius 3 is 2.18 bits per heavy atom. The second-order valence-corrected chi connectivity index (χ2v) is 7.28. The molecule has 0 radical (unpaired) electrons. The summed E-state index contributed by atoms with van der Waals surface area (Å²) in [6.45, 7) is 10.5. The van der Waals surface area contributed by atoms with Crippen LogP contribution in [0, 0.1) is 29.6 Å². The number of carbonyl (C=O) groups excluding carboxylic acids is 1. The summed E-state index contributed by atoms with van der Waals surface area (Å²) in [5.74, 6) is 3.23. The van der Waals surface area contributed by atoms with Crippen molar-refractivity contribution in [2.75, 3.05) is 0 Å². The first-order valence-corrected chi connectivity index (χ1v) is 7.01. The molecule has 0 aromatic carbocycles. The van der Waals surface area contributed by atoms with Crippen molar-refractivity contribution in [2.45, 2.75) is 59.5 Å². The number of hydrogen-bond acceptors (Lipinski definition) is 2. The van der Waals surface area contributed by atoms with Crippen LogP contribution in [0.15, 0.2) is 0 Å². The van der Waals surface area contributed by atoms with Gasteiger partial charge in [0.05, 0.1) is 5.92 Å². The first kappa shape index (κ1) is 12.9. The zero-order valence-corrected chi connectivity index (χ0v) is 11.8. The van der Waals surface area contributed by atoms with E-state index in [2.05, 4.69) is 13.8 Å². The molecule has 98 valence electrons. The molecule has 2 aliphatic carbocycles. The lowest BCUT2D eigenvalue weighted by atomic mass is 9.77. The van der Waals surface area contributed by atoms with Gasteiger partial charge in [0.2, 0.25) is 0 Å². The third kappa shape index (κ3) is 2.66. The molecule has 4 atom stereocenters. The second-order valence-electron chi connectivity index (χ2n) is 7.28. The highest BCUT2D eigenvalue weighted by Crippen LogP contribution is 2.54. The Labute approximate surface area is 105 Å². The lowest BCUT2D eigenvalue weighted by Crippen LogP contribution is -2.33. The molecular weight excluding hydrogens is 212 g/mol. The van der Waals surface area contributed by atoms with Crippen LogP contribution in [-0.2, 0) is 9.53 Å². The largest absolute Gasteiger partial charge is 0.460 e. The van der Waals surface area contributed by atoms with E-state index in [1.54, 1.807) is 0 Å². The molecule has 2 aliphatic rings. The Balaban J connectivity index is 1.94. The quantitative estimate of drug-likeness (QED) is 0.686. The summed E-state index contributed by atoms with van der Waals surface area (Å²) < 4.78 is 5.53. The lowest BCUT2D eigenvalue weighted by Gasteiger charge is -2.31. The van der Waals surface area contributed by atoms with E-state index in [1.807, 2.05) is 20.8 Å². The smallest absolute Gasteiger partial charge is 0.309 e. The van der Waals surface area contributed by atoms with Gasteiger partial charge in [-0.2, -0.15) is 0 Å². The van der Waals surface area contributed by atoms with E-state index < -0.39 is 0 Å². The van der Waals surface area contributed by atoms with E-state index in [4.69, 9.17) is 4.74 Å². The van der Waals surface area contributed by atoms with Gasteiger partial charge in [0.25, 0.3) is 0 Å². The summed E-state index contributed by atoms with van der Waals surface area (Å²) in [5.41, 5.74) is -0.337. The minimum Gasteiger partial charge on any atom is -0.460 e. The third-order valence-electron chi connectivity index (χ3n) is 4.48. The summed E-state index contributed by atoms with van der Waals surface area (Å²) in [6, 6.07) is 0. The monoisotopic (exact) mass is 238 g/mol. The maximum Gasteiger partial charge on any atom is 0.309 e. The first-order chi connectivity index (χ1) is 7.78. The maximum atomic E-state index is 12.1. The van der Waals surface area contributed by atoms with Crippen molar-refractivity contribution in [1.29, 1.82) is 0 Å². The van der Waals surface area contributed by atoms with Crippen molar-refractivity contribution in [3.05, 3.63) is 0 Å². The molecule has 0 amide bonds. The number of carbonyl (C=O) groups is 1. The molecule has 2 fully saturated rings. The molecule has 0 spiro atoms. The van der Waals surface area contributed by atoms with Crippen LogP contribution in [0.5, 0.6) is 0 Å². The maximum absolute atomic E-state index is 12.1. The Morgan fingerprint density at radius 1 is 1.12 bits per heavy atom. The minimum absolute atomic E-state index is 0.0483. The molecule has 2 heteroatoms. The Kier molecular flexibility index (Phi) is 3.26. The minimum atomic E-state index is -0.337. The van der Waals surface area contributed by atoms with E-state index in [9.17, 15) is 4.79 Å². The van der Waals surface area contributed by atoms with Crippen LogP contribution in [0.1, 0.15) is 53.9 Å². The van der Waals surface area contributed by atoms with Crippen molar-refractivity contribution in [2.24, 2.45) is 29.6 Å². The van der Waals surface area contributed by atoms with Crippen LogP contribution in [0.4, 0.5) is 0 Å². The molecule has 2 bridgehead atoms. The summed E-state index contributed by atoms with van der Waals surface area (Å²) in [7, 11) is 0. The van der Waals surface area contributed by atoms with Crippen LogP contribution in [0.3, 0.4) is 0 Å². The fraction of sp³-hybridized carbons (Fsp3) is 0.933. The molecule has 0 heterocycles. The second kappa shape index (κ2) is 4.29. The van der Waals surface area contributed by atoms with Crippen molar-refractivity contribution in [1.82, 2.24) is 0 Å². The SMILES string of the molecule is CC(C)C1CC2CC1CC2C(=O)OC(C)(C)C. The standard InChI is InChI=1S/C15H26O2/c1-9(2)12-7-11-6-10(12)8-13(11)14(16)17-15(3,4)5/h9-13H,6-8H2,1-5H3. The topological polar surface area (TPSA) is 26.3 Å². The highest BCUT2D eigenvalue weighted by molar-refractivity contribution is 5.74. The number of rotatable bonds is 2. The molecule has 2 nitrogen and oxygen atoms in total. The number of fused-ring (bicyclic) bond motifs is 2. The summed E-state index contributed by atoms with van der Waals surface area (Å²) in [5, 5.41) is 0. The molecule has 0 N–H and O–H groups in total. The molecule has 4 unspecified atom stereocenters. The van der Waals surface area contributed by atoms with Gasteiger partial charge < -0.3 is 4.74 Å². The van der Waals surface area contributed by atoms with Crippen LogP contribution in [0.25, 0.3) is 0 Å². The fourth-order valence-corrected chi connectivity index (χ4v) is 3.80. The molecule has 2 saturated carbocycles. The van der Waals surface area contributed by atoms with E-state index in [0.29, 0.717) is 5.92 Å². The van der Waals surface area contributed by atoms with Gasteiger partial charge in [-0.3, -0.25) is 4.79 Å². The van der Waals surface area contributed by atoms with Gasteiger partial charge in [-0.05, 0) is 63.7 Å². The van der Waals surface area contributed by atoms with Crippen LogP contribution in [-0.4, -0.2) is 11.6 Å². The van der Waals surface area contributed by atoms with Gasteiger partial charge in [0.1, 0.15) is 5.60 Å². The van der Waals surface area contributed by atoms with Crippen LogP contribution >= 0.6 is 0 Å².